The third-order valence-corrected chi connectivity index (χ3v) is 4.39. The molecule has 0 spiro atoms. The number of nitrogens with zero attached hydrogens (tertiary/aromatic N) is 1. The van der Waals surface area contributed by atoms with Crippen LogP contribution in [-0.4, -0.2) is 30.3 Å². The van der Waals surface area contributed by atoms with Crippen molar-refractivity contribution in [2.75, 3.05) is 14.1 Å². The molecule has 1 rings (SSSR count). The number of allylic oxidation sites excluding steroid dienone is 1. The fraction of sp³-hybridized carbons (Fsp3) is 0.800. The third kappa shape index (κ3) is 3.19. The zero-order chi connectivity index (χ0) is 13.1. The van der Waals surface area contributed by atoms with Crippen molar-refractivity contribution >= 4 is 5.78 Å². The lowest BCUT2D eigenvalue weighted by molar-refractivity contribution is -0.131. The summed E-state index contributed by atoms with van der Waals surface area (Å²) in [4.78, 5) is 14.7. The second-order valence-corrected chi connectivity index (χ2v) is 5.81. The molecule has 0 unspecified atom stereocenters. The number of carbonyl (C=O) groups is 1. The highest BCUT2D eigenvalue weighted by Crippen LogP contribution is 2.37. The van der Waals surface area contributed by atoms with Crippen molar-refractivity contribution in [2.24, 2.45) is 5.92 Å². The predicted molar refractivity (Wildman–Crippen MR) is 73.1 cm³/mol. The molecule has 0 aromatic heterocycles. The Morgan fingerprint density at radius 3 is 2.29 bits per heavy atom. The zero-order valence-corrected chi connectivity index (χ0v) is 11.9. The third-order valence-electron chi connectivity index (χ3n) is 4.39. The molecule has 0 heterocycles. The minimum absolute atomic E-state index is 0.218. The molecule has 17 heavy (non-hydrogen) atoms. The van der Waals surface area contributed by atoms with Gasteiger partial charge in [0.2, 0.25) is 0 Å². The molecule has 0 N–H and O–H groups in total. The highest BCUT2D eigenvalue weighted by molar-refractivity contribution is 5.90. The molecule has 0 aromatic carbocycles. The lowest BCUT2D eigenvalue weighted by Crippen LogP contribution is -2.53. The molecule has 0 radical (unpaired) electrons. The van der Waals surface area contributed by atoms with Gasteiger partial charge in [0, 0.05) is 6.42 Å². The van der Waals surface area contributed by atoms with Crippen molar-refractivity contribution in [3.63, 3.8) is 0 Å². The van der Waals surface area contributed by atoms with Gasteiger partial charge in [-0.05, 0) is 52.1 Å². The second kappa shape index (κ2) is 5.81. The molecule has 2 nitrogen and oxygen atoms in total. The second-order valence-electron chi connectivity index (χ2n) is 5.81. The van der Waals surface area contributed by atoms with Crippen LogP contribution in [0, 0.1) is 5.92 Å². The summed E-state index contributed by atoms with van der Waals surface area (Å²) in [5.74, 6) is 1.14. The van der Waals surface area contributed by atoms with Gasteiger partial charge in [-0.2, -0.15) is 0 Å². The van der Waals surface area contributed by atoms with Gasteiger partial charge in [0.25, 0.3) is 0 Å². The van der Waals surface area contributed by atoms with E-state index in [9.17, 15) is 4.79 Å². The van der Waals surface area contributed by atoms with E-state index in [0.29, 0.717) is 12.2 Å². The van der Waals surface area contributed by atoms with E-state index in [4.69, 9.17) is 0 Å². The first-order valence-corrected chi connectivity index (χ1v) is 6.79. The number of ketones is 1. The monoisotopic (exact) mass is 237 g/mol. The minimum Gasteiger partial charge on any atom is -0.297 e. The SMILES string of the molecule is C=C(CC)CC(=O)C1(N(C)C)CCC(C)CC1. The average Bonchev–Trinajstić information content (AvgIpc) is 2.29. The molecule has 0 atom stereocenters. The summed E-state index contributed by atoms with van der Waals surface area (Å²) < 4.78 is 0. The van der Waals surface area contributed by atoms with Crippen molar-refractivity contribution < 1.29 is 4.79 Å². The summed E-state index contributed by atoms with van der Waals surface area (Å²) in [5, 5.41) is 0. The average molecular weight is 237 g/mol. The summed E-state index contributed by atoms with van der Waals surface area (Å²) in [5.41, 5.74) is 0.847. The van der Waals surface area contributed by atoms with Crippen LogP contribution in [0.1, 0.15) is 52.4 Å². The van der Waals surface area contributed by atoms with Gasteiger partial charge in [0.15, 0.2) is 5.78 Å². The van der Waals surface area contributed by atoms with E-state index in [-0.39, 0.29) is 5.54 Å². The van der Waals surface area contributed by atoms with E-state index in [2.05, 4.69) is 25.3 Å². The van der Waals surface area contributed by atoms with Crippen LogP contribution in [0.25, 0.3) is 0 Å². The van der Waals surface area contributed by atoms with E-state index in [1.165, 1.54) is 12.8 Å². The molecule has 1 aliphatic carbocycles. The van der Waals surface area contributed by atoms with Crippen LogP contribution in [0.5, 0.6) is 0 Å². The van der Waals surface area contributed by atoms with Crippen molar-refractivity contribution in [3.8, 4) is 0 Å². The van der Waals surface area contributed by atoms with Crippen molar-refractivity contribution in [1.82, 2.24) is 4.90 Å². The molecular weight excluding hydrogens is 210 g/mol. The lowest BCUT2D eigenvalue weighted by atomic mass is 9.72. The maximum absolute atomic E-state index is 12.5. The lowest BCUT2D eigenvalue weighted by Gasteiger charge is -2.43. The van der Waals surface area contributed by atoms with Crippen LogP contribution in [0.2, 0.25) is 0 Å². The molecule has 1 fully saturated rings. The van der Waals surface area contributed by atoms with Gasteiger partial charge in [0.1, 0.15) is 0 Å². The van der Waals surface area contributed by atoms with E-state index < -0.39 is 0 Å². The van der Waals surface area contributed by atoms with Crippen LogP contribution >= 0.6 is 0 Å². The summed E-state index contributed by atoms with van der Waals surface area (Å²) in [6, 6.07) is 0. The van der Waals surface area contributed by atoms with Crippen LogP contribution in [0.15, 0.2) is 12.2 Å². The Bertz CT molecular complexity index is 285. The Balaban J connectivity index is 2.78. The van der Waals surface area contributed by atoms with E-state index >= 15 is 0 Å². The molecule has 1 saturated carbocycles. The highest BCUT2D eigenvalue weighted by atomic mass is 16.1. The quantitative estimate of drug-likeness (QED) is 0.683. The molecule has 98 valence electrons. The van der Waals surface area contributed by atoms with Crippen LogP contribution in [0.4, 0.5) is 0 Å². The Hall–Kier alpha value is -0.630. The van der Waals surface area contributed by atoms with Crippen molar-refractivity contribution in [3.05, 3.63) is 12.2 Å². The molecule has 0 bridgehead atoms. The van der Waals surface area contributed by atoms with Gasteiger partial charge in [0.05, 0.1) is 5.54 Å². The Morgan fingerprint density at radius 2 is 1.88 bits per heavy atom. The number of likely N-dealkylation sites (N-methyl/N-ethyl adjacent to an activating group) is 1. The van der Waals surface area contributed by atoms with Gasteiger partial charge >= 0.3 is 0 Å². The number of hydrogen-bond acceptors (Lipinski definition) is 2. The summed E-state index contributed by atoms with van der Waals surface area (Å²) >= 11 is 0. The fourth-order valence-electron chi connectivity index (χ4n) is 2.73. The molecule has 0 amide bonds. The minimum atomic E-state index is -0.218. The summed E-state index contributed by atoms with van der Waals surface area (Å²) in [7, 11) is 4.09. The fourth-order valence-corrected chi connectivity index (χ4v) is 2.73. The topological polar surface area (TPSA) is 20.3 Å². The first-order chi connectivity index (χ1) is 7.92. The van der Waals surface area contributed by atoms with Gasteiger partial charge in [-0.3, -0.25) is 9.69 Å². The molecule has 0 aromatic rings. The van der Waals surface area contributed by atoms with Crippen LogP contribution in [0.3, 0.4) is 0 Å². The van der Waals surface area contributed by atoms with Gasteiger partial charge in [-0.1, -0.05) is 26.0 Å². The van der Waals surface area contributed by atoms with E-state index in [1.54, 1.807) is 0 Å². The summed E-state index contributed by atoms with van der Waals surface area (Å²) in [6.45, 7) is 8.33. The molecule has 0 saturated heterocycles. The Labute approximate surface area is 106 Å². The Morgan fingerprint density at radius 1 is 1.35 bits per heavy atom. The first-order valence-electron chi connectivity index (χ1n) is 6.79. The predicted octanol–water partition coefficient (Wildman–Crippen LogP) is 3.42. The smallest absolute Gasteiger partial charge is 0.157 e. The Kier molecular flexibility index (Phi) is 4.93. The van der Waals surface area contributed by atoms with Gasteiger partial charge < -0.3 is 0 Å². The van der Waals surface area contributed by atoms with Crippen molar-refractivity contribution in [1.29, 1.82) is 0 Å². The number of hydrogen-bond donors (Lipinski definition) is 0. The maximum Gasteiger partial charge on any atom is 0.157 e. The first kappa shape index (κ1) is 14.4. The standard InChI is InChI=1S/C15H27NO/c1-6-12(2)11-14(17)15(16(4)5)9-7-13(3)8-10-15/h13H,2,6-11H2,1,3-5H3. The molecule has 2 heteroatoms. The highest BCUT2D eigenvalue weighted by Gasteiger charge is 2.42. The summed E-state index contributed by atoms with van der Waals surface area (Å²) in [6.07, 6.45) is 5.83. The number of carbonyl (C=O) groups excluding carboxylic acids is 1. The molecular formula is C15H27NO. The molecule has 1 aliphatic rings. The normalized spacial score (nSPS) is 29.4. The van der Waals surface area contributed by atoms with Crippen LogP contribution in [-0.2, 0) is 4.79 Å². The van der Waals surface area contributed by atoms with Crippen LogP contribution < -0.4 is 0 Å². The van der Waals surface area contributed by atoms with Gasteiger partial charge in [-0.15, -0.1) is 0 Å². The number of rotatable bonds is 5. The van der Waals surface area contributed by atoms with Crippen molar-refractivity contribution in [2.45, 2.75) is 57.9 Å². The molecule has 0 aliphatic heterocycles. The zero-order valence-electron chi connectivity index (χ0n) is 11.9. The maximum atomic E-state index is 12.5. The van der Waals surface area contributed by atoms with E-state index in [1.807, 2.05) is 14.1 Å². The largest absolute Gasteiger partial charge is 0.297 e. The van der Waals surface area contributed by atoms with Gasteiger partial charge in [-0.25, -0.2) is 0 Å². The number of Topliss-reactive ketones (excluding diaryl/α,β-unsaturated/α-hetero) is 1. The van der Waals surface area contributed by atoms with E-state index in [0.717, 1.165) is 30.8 Å².